The van der Waals surface area contributed by atoms with Crippen LogP contribution in [0.25, 0.3) is 10.8 Å². The lowest BCUT2D eigenvalue weighted by molar-refractivity contribution is 0.104. The maximum atomic E-state index is 12.2. The van der Waals surface area contributed by atoms with Crippen LogP contribution in [0.1, 0.15) is 10.4 Å². The van der Waals surface area contributed by atoms with Crippen LogP contribution in [0.15, 0.2) is 79.0 Å². The molecule has 0 saturated heterocycles. The largest absolute Gasteiger partial charge is 0.360 e. The van der Waals surface area contributed by atoms with Crippen LogP contribution in [0.3, 0.4) is 0 Å². The summed E-state index contributed by atoms with van der Waals surface area (Å²) in [4.78, 5) is 12.2. The molecule has 0 fully saturated rings. The number of fused-ring (bicyclic) bond motifs is 1. The van der Waals surface area contributed by atoms with E-state index >= 15 is 0 Å². The Kier molecular flexibility index (Phi) is 4.22. The van der Waals surface area contributed by atoms with Gasteiger partial charge in [0, 0.05) is 17.8 Å². The molecule has 3 rings (SSSR count). The first-order chi connectivity index (χ1) is 10.7. The van der Waals surface area contributed by atoms with E-state index in [9.17, 15) is 4.79 Å². The third-order valence-electron chi connectivity index (χ3n) is 3.38. The van der Waals surface area contributed by atoms with Gasteiger partial charge in [-0.2, -0.15) is 0 Å². The van der Waals surface area contributed by atoms with E-state index in [0.717, 1.165) is 16.5 Å². The van der Waals surface area contributed by atoms with Crippen LogP contribution in [0.5, 0.6) is 0 Å². The highest BCUT2D eigenvalue weighted by Crippen LogP contribution is 2.20. The van der Waals surface area contributed by atoms with Gasteiger partial charge in [0.05, 0.1) is 10.7 Å². The number of carbonyl (C=O) groups is 1. The Morgan fingerprint density at radius 1 is 0.909 bits per heavy atom. The van der Waals surface area contributed by atoms with Gasteiger partial charge in [-0.15, -0.1) is 0 Å². The maximum absolute atomic E-state index is 12.2. The SMILES string of the molecule is O=C(/C=C/Nc1ccccc1Cl)c1ccc2ccccc2c1. The number of halogens is 1. The predicted molar refractivity (Wildman–Crippen MR) is 92.5 cm³/mol. The second-order valence-corrected chi connectivity index (χ2v) is 5.29. The molecule has 0 unspecified atom stereocenters. The molecule has 2 nitrogen and oxygen atoms in total. The van der Waals surface area contributed by atoms with Gasteiger partial charge in [0.2, 0.25) is 0 Å². The zero-order chi connectivity index (χ0) is 15.4. The Labute approximate surface area is 134 Å². The Morgan fingerprint density at radius 3 is 2.45 bits per heavy atom. The topological polar surface area (TPSA) is 29.1 Å². The van der Waals surface area contributed by atoms with Gasteiger partial charge in [-0.25, -0.2) is 0 Å². The molecule has 0 aliphatic heterocycles. The Hall–Kier alpha value is -2.58. The highest BCUT2D eigenvalue weighted by atomic mass is 35.5. The monoisotopic (exact) mass is 307 g/mol. The lowest BCUT2D eigenvalue weighted by Crippen LogP contribution is -1.96. The van der Waals surface area contributed by atoms with Gasteiger partial charge >= 0.3 is 0 Å². The minimum atomic E-state index is -0.0506. The molecule has 0 atom stereocenters. The van der Waals surface area contributed by atoms with Crippen molar-refractivity contribution in [3.8, 4) is 0 Å². The zero-order valence-electron chi connectivity index (χ0n) is 11.8. The fraction of sp³-hybridized carbons (Fsp3) is 0. The number of anilines is 1. The van der Waals surface area contributed by atoms with Crippen molar-refractivity contribution in [3.05, 3.63) is 89.6 Å². The van der Waals surface area contributed by atoms with E-state index in [4.69, 9.17) is 11.6 Å². The van der Waals surface area contributed by atoms with E-state index in [1.54, 1.807) is 12.3 Å². The number of benzene rings is 3. The molecule has 3 aromatic carbocycles. The number of nitrogens with one attached hydrogen (secondary N) is 1. The maximum Gasteiger partial charge on any atom is 0.187 e. The number of carbonyl (C=O) groups excluding carboxylic acids is 1. The Morgan fingerprint density at radius 2 is 1.64 bits per heavy atom. The summed E-state index contributed by atoms with van der Waals surface area (Å²) in [5.41, 5.74) is 1.43. The first-order valence-corrected chi connectivity index (χ1v) is 7.32. The van der Waals surface area contributed by atoms with Gasteiger partial charge in [0.15, 0.2) is 5.78 Å². The lowest BCUT2D eigenvalue weighted by atomic mass is 10.0. The Balaban J connectivity index is 1.75. The van der Waals surface area contributed by atoms with E-state index in [1.165, 1.54) is 6.08 Å². The third-order valence-corrected chi connectivity index (χ3v) is 3.71. The fourth-order valence-electron chi connectivity index (χ4n) is 2.22. The van der Waals surface area contributed by atoms with Crippen molar-refractivity contribution in [1.29, 1.82) is 0 Å². The van der Waals surface area contributed by atoms with Crippen molar-refractivity contribution in [1.82, 2.24) is 0 Å². The molecule has 0 aromatic heterocycles. The molecule has 0 aliphatic carbocycles. The summed E-state index contributed by atoms with van der Waals surface area (Å²) in [7, 11) is 0. The van der Waals surface area contributed by atoms with Crippen LogP contribution in [0.2, 0.25) is 5.02 Å². The summed E-state index contributed by atoms with van der Waals surface area (Å²) in [6, 6.07) is 21.1. The summed E-state index contributed by atoms with van der Waals surface area (Å²) < 4.78 is 0. The van der Waals surface area contributed by atoms with Gasteiger partial charge in [0.1, 0.15) is 0 Å². The molecular weight excluding hydrogens is 294 g/mol. The summed E-state index contributed by atoms with van der Waals surface area (Å²) in [5.74, 6) is -0.0506. The highest BCUT2D eigenvalue weighted by molar-refractivity contribution is 6.33. The molecule has 0 aliphatic rings. The van der Waals surface area contributed by atoms with Crippen molar-refractivity contribution in [2.45, 2.75) is 0 Å². The first-order valence-electron chi connectivity index (χ1n) is 6.95. The molecule has 22 heavy (non-hydrogen) atoms. The van der Waals surface area contributed by atoms with E-state index in [-0.39, 0.29) is 5.78 Å². The summed E-state index contributed by atoms with van der Waals surface area (Å²) >= 11 is 6.04. The second kappa shape index (κ2) is 6.46. The molecule has 108 valence electrons. The summed E-state index contributed by atoms with van der Waals surface area (Å²) in [6.45, 7) is 0. The number of para-hydroxylation sites is 1. The van der Waals surface area contributed by atoms with E-state index in [1.807, 2.05) is 60.7 Å². The molecule has 0 radical (unpaired) electrons. The fourth-order valence-corrected chi connectivity index (χ4v) is 2.41. The van der Waals surface area contributed by atoms with E-state index < -0.39 is 0 Å². The minimum Gasteiger partial charge on any atom is -0.360 e. The minimum absolute atomic E-state index is 0.0506. The number of allylic oxidation sites excluding steroid dienone is 1. The van der Waals surface area contributed by atoms with Crippen LogP contribution < -0.4 is 5.32 Å². The molecule has 3 aromatic rings. The second-order valence-electron chi connectivity index (χ2n) is 4.88. The van der Waals surface area contributed by atoms with Crippen molar-refractivity contribution in [2.24, 2.45) is 0 Å². The van der Waals surface area contributed by atoms with Crippen LogP contribution in [0.4, 0.5) is 5.69 Å². The molecule has 3 heteroatoms. The smallest absolute Gasteiger partial charge is 0.187 e. The average Bonchev–Trinajstić information content (AvgIpc) is 2.56. The zero-order valence-corrected chi connectivity index (χ0v) is 12.5. The van der Waals surface area contributed by atoms with Crippen molar-refractivity contribution < 1.29 is 4.79 Å². The molecule has 0 amide bonds. The lowest BCUT2D eigenvalue weighted by Gasteiger charge is -2.03. The molecule has 0 spiro atoms. The molecule has 0 heterocycles. The highest BCUT2D eigenvalue weighted by Gasteiger charge is 2.03. The summed E-state index contributed by atoms with van der Waals surface area (Å²) in [5, 5.41) is 5.81. The van der Waals surface area contributed by atoms with Gasteiger partial charge in [-0.3, -0.25) is 4.79 Å². The number of hydrogen-bond donors (Lipinski definition) is 1. The average molecular weight is 308 g/mol. The normalized spacial score (nSPS) is 11.0. The van der Waals surface area contributed by atoms with Crippen molar-refractivity contribution >= 4 is 33.8 Å². The van der Waals surface area contributed by atoms with E-state index in [2.05, 4.69) is 5.32 Å². The first kappa shape index (κ1) is 14.4. The molecule has 1 N–H and O–H groups in total. The van der Waals surface area contributed by atoms with Crippen LogP contribution in [0, 0.1) is 0 Å². The van der Waals surface area contributed by atoms with Crippen LogP contribution in [-0.2, 0) is 0 Å². The van der Waals surface area contributed by atoms with Crippen LogP contribution in [-0.4, -0.2) is 5.78 Å². The summed E-state index contributed by atoms with van der Waals surface area (Å²) in [6.07, 6.45) is 3.12. The van der Waals surface area contributed by atoms with Crippen LogP contribution >= 0.6 is 11.6 Å². The van der Waals surface area contributed by atoms with Gasteiger partial charge < -0.3 is 5.32 Å². The van der Waals surface area contributed by atoms with Crippen molar-refractivity contribution in [3.63, 3.8) is 0 Å². The quantitative estimate of drug-likeness (QED) is 0.523. The predicted octanol–water partition coefficient (Wildman–Crippen LogP) is 5.30. The van der Waals surface area contributed by atoms with Gasteiger partial charge in [-0.1, -0.05) is 60.1 Å². The molecular formula is C19H14ClNO. The third kappa shape index (κ3) is 3.18. The number of rotatable bonds is 4. The number of hydrogen-bond acceptors (Lipinski definition) is 2. The number of ketones is 1. The Bertz CT molecular complexity index is 855. The van der Waals surface area contributed by atoms with Crippen molar-refractivity contribution in [2.75, 3.05) is 5.32 Å². The van der Waals surface area contributed by atoms with Gasteiger partial charge in [0.25, 0.3) is 0 Å². The molecule has 0 saturated carbocycles. The molecule has 0 bridgehead atoms. The standard InChI is InChI=1S/C19H14ClNO/c20-17-7-3-4-8-18(17)21-12-11-19(22)16-10-9-14-5-1-2-6-15(14)13-16/h1-13,21H/b12-11+. The van der Waals surface area contributed by atoms with E-state index in [0.29, 0.717) is 10.6 Å². The van der Waals surface area contributed by atoms with Gasteiger partial charge in [-0.05, 0) is 29.0 Å².